The number of rotatable bonds is 7. The lowest BCUT2D eigenvalue weighted by molar-refractivity contribution is 0.0677. The summed E-state index contributed by atoms with van der Waals surface area (Å²) in [5.74, 6) is 0.720. The van der Waals surface area contributed by atoms with Crippen molar-refractivity contribution >= 4 is 17.3 Å². The van der Waals surface area contributed by atoms with Gasteiger partial charge in [0.05, 0.1) is 12.2 Å². The van der Waals surface area contributed by atoms with Gasteiger partial charge >= 0.3 is 0 Å². The summed E-state index contributed by atoms with van der Waals surface area (Å²) in [7, 11) is 1.97. The predicted octanol–water partition coefficient (Wildman–Crippen LogP) is 2.10. The van der Waals surface area contributed by atoms with Crippen molar-refractivity contribution in [3.8, 4) is 0 Å². The quantitative estimate of drug-likeness (QED) is 0.520. The first-order chi connectivity index (χ1) is 11.8. The van der Waals surface area contributed by atoms with Gasteiger partial charge < -0.3 is 15.7 Å². The highest BCUT2D eigenvalue weighted by Gasteiger charge is 2.23. The molecule has 1 atom stereocenters. The van der Waals surface area contributed by atoms with Crippen LogP contribution < -0.4 is 10.6 Å². The molecule has 3 N–H and O–H groups in total. The Bertz CT molecular complexity index is 703. The topological polar surface area (TPSA) is 74.5 Å². The number of aliphatic imine (C=N–C) groups is 1. The molecule has 7 heteroatoms. The van der Waals surface area contributed by atoms with Crippen LogP contribution in [0.3, 0.4) is 0 Å². The Hall–Kier alpha value is -1.86. The van der Waals surface area contributed by atoms with Crippen LogP contribution in [0, 0.1) is 13.8 Å². The van der Waals surface area contributed by atoms with Crippen LogP contribution in [0.1, 0.15) is 36.4 Å². The van der Waals surface area contributed by atoms with Crippen LogP contribution >= 0.6 is 11.3 Å². The highest BCUT2D eigenvalue weighted by Crippen LogP contribution is 2.23. The average Bonchev–Trinajstić information content (AvgIpc) is 3.17. The van der Waals surface area contributed by atoms with Crippen molar-refractivity contribution in [1.82, 2.24) is 20.4 Å². The van der Waals surface area contributed by atoms with E-state index in [0.29, 0.717) is 6.54 Å². The Balaban J connectivity index is 1.96. The third-order valence-electron chi connectivity index (χ3n) is 4.36. The molecule has 2 rings (SSSR count). The normalized spacial score (nSPS) is 14.4. The standard InChI is InChI=1S/C18H29N5OS/c1-6-19-17(21-12-18(4,24)15-8-10-25-11-15)20-9-7-16-13(2)22-23(5)14(16)3/h8,10-11,24H,6-7,9,12H2,1-5H3,(H2,19,20,21). The van der Waals surface area contributed by atoms with Crippen molar-refractivity contribution in [2.75, 3.05) is 19.6 Å². The number of hydrogen-bond acceptors (Lipinski definition) is 4. The molecule has 0 bridgehead atoms. The van der Waals surface area contributed by atoms with E-state index >= 15 is 0 Å². The summed E-state index contributed by atoms with van der Waals surface area (Å²) in [6.07, 6.45) is 0.886. The fourth-order valence-electron chi connectivity index (χ4n) is 2.72. The molecule has 1 unspecified atom stereocenters. The molecule has 6 nitrogen and oxygen atoms in total. The molecule has 25 heavy (non-hydrogen) atoms. The molecule has 2 aromatic heterocycles. The zero-order valence-electron chi connectivity index (χ0n) is 15.8. The van der Waals surface area contributed by atoms with Crippen LogP contribution in [0.5, 0.6) is 0 Å². The van der Waals surface area contributed by atoms with Crippen molar-refractivity contribution in [3.63, 3.8) is 0 Å². The van der Waals surface area contributed by atoms with Crippen molar-refractivity contribution in [2.24, 2.45) is 12.0 Å². The number of nitrogens with one attached hydrogen (secondary N) is 2. The maximum atomic E-state index is 10.6. The number of aryl methyl sites for hydroxylation is 2. The van der Waals surface area contributed by atoms with Crippen LogP contribution in [-0.4, -0.2) is 40.5 Å². The molecule has 2 heterocycles. The Labute approximate surface area is 154 Å². The smallest absolute Gasteiger partial charge is 0.191 e. The van der Waals surface area contributed by atoms with E-state index in [2.05, 4.69) is 27.6 Å². The van der Waals surface area contributed by atoms with Crippen molar-refractivity contribution in [3.05, 3.63) is 39.3 Å². The van der Waals surface area contributed by atoms with Gasteiger partial charge in [0.2, 0.25) is 0 Å². The minimum atomic E-state index is -0.959. The van der Waals surface area contributed by atoms with Crippen LogP contribution in [0.4, 0.5) is 0 Å². The molecule has 0 aliphatic rings. The van der Waals surface area contributed by atoms with Crippen LogP contribution in [0.2, 0.25) is 0 Å². The lowest BCUT2D eigenvalue weighted by atomic mass is 10.00. The van der Waals surface area contributed by atoms with Crippen molar-refractivity contribution in [2.45, 2.75) is 39.7 Å². The first-order valence-corrected chi connectivity index (χ1v) is 9.55. The molecule has 0 aliphatic carbocycles. The van der Waals surface area contributed by atoms with E-state index in [1.54, 1.807) is 18.3 Å². The SMILES string of the molecule is CCNC(=NCC(C)(O)c1ccsc1)NCCc1c(C)nn(C)c1C. The van der Waals surface area contributed by atoms with E-state index in [4.69, 9.17) is 0 Å². The highest BCUT2D eigenvalue weighted by atomic mass is 32.1. The van der Waals surface area contributed by atoms with E-state index in [1.807, 2.05) is 42.4 Å². The molecule has 0 fully saturated rings. The zero-order chi connectivity index (χ0) is 18.4. The number of hydrogen-bond donors (Lipinski definition) is 3. The zero-order valence-corrected chi connectivity index (χ0v) is 16.6. The molecule has 0 aromatic carbocycles. The fourth-order valence-corrected chi connectivity index (χ4v) is 3.50. The summed E-state index contributed by atoms with van der Waals surface area (Å²) in [5, 5.41) is 25.6. The van der Waals surface area contributed by atoms with Crippen molar-refractivity contribution < 1.29 is 5.11 Å². The number of guanidine groups is 1. The molecule has 138 valence electrons. The molecule has 0 amide bonds. The van der Waals surface area contributed by atoms with Gasteiger partial charge in [-0.1, -0.05) is 0 Å². The van der Waals surface area contributed by atoms with E-state index < -0.39 is 5.60 Å². The number of aromatic nitrogens is 2. The second-order valence-electron chi connectivity index (χ2n) is 6.43. The van der Waals surface area contributed by atoms with Gasteiger partial charge in [-0.05, 0) is 62.1 Å². The first kappa shape index (κ1) is 19.5. The Morgan fingerprint density at radius 3 is 2.72 bits per heavy atom. The lowest BCUT2D eigenvalue weighted by Gasteiger charge is -2.21. The average molecular weight is 364 g/mol. The van der Waals surface area contributed by atoms with Crippen LogP contribution in [-0.2, 0) is 19.1 Å². The van der Waals surface area contributed by atoms with Gasteiger partial charge in [-0.3, -0.25) is 4.68 Å². The predicted molar refractivity (Wildman–Crippen MR) is 104 cm³/mol. The summed E-state index contributed by atoms with van der Waals surface area (Å²) in [6, 6.07) is 1.94. The van der Waals surface area contributed by atoms with Gasteiger partial charge in [0.1, 0.15) is 5.60 Å². The summed E-state index contributed by atoms with van der Waals surface area (Å²) in [5.41, 5.74) is 3.49. The van der Waals surface area contributed by atoms with Gasteiger partial charge in [0, 0.05) is 25.8 Å². The minimum absolute atomic E-state index is 0.310. The summed E-state index contributed by atoms with van der Waals surface area (Å²) >= 11 is 1.58. The molecule has 0 aliphatic heterocycles. The Morgan fingerprint density at radius 1 is 1.40 bits per heavy atom. The van der Waals surface area contributed by atoms with Gasteiger partial charge in [0.25, 0.3) is 0 Å². The third kappa shape index (κ3) is 5.06. The second-order valence-corrected chi connectivity index (χ2v) is 7.21. The minimum Gasteiger partial charge on any atom is -0.383 e. The van der Waals surface area contributed by atoms with E-state index in [-0.39, 0.29) is 0 Å². The Morgan fingerprint density at radius 2 is 2.16 bits per heavy atom. The van der Waals surface area contributed by atoms with Gasteiger partial charge in [-0.25, -0.2) is 4.99 Å². The van der Waals surface area contributed by atoms with E-state index in [0.717, 1.165) is 36.7 Å². The third-order valence-corrected chi connectivity index (χ3v) is 5.04. The van der Waals surface area contributed by atoms with Crippen LogP contribution in [0.25, 0.3) is 0 Å². The molecule has 2 aromatic rings. The molecular formula is C18H29N5OS. The molecular weight excluding hydrogens is 334 g/mol. The lowest BCUT2D eigenvalue weighted by Crippen LogP contribution is -2.39. The molecule has 0 saturated carbocycles. The van der Waals surface area contributed by atoms with E-state index in [1.165, 1.54) is 11.3 Å². The van der Waals surface area contributed by atoms with Gasteiger partial charge in [-0.2, -0.15) is 16.4 Å². The molecule has 0 saturated heterocycles. The number of thiophene rings is 1. The molecule has 0 radical (unpaired) electrons. The summed E-state index contributed by atoms with van der Waals surface area (Å²) in [6.45, 7) is 9.81. The first-order valence-electron chi connectivity index (χ1n) is 8.61. The molecule has 0 spiro atoms. The Kier molecular flexibility index (Phi) is 6.61. The largest absolute Gasteiger partial charge is 0.383 e. The monoisotopic (exact) mass is 363 g/mol. The maximum absolute atomic E-state index is 10.6. The summed E-state index contributed by atoms with van der Waals surface area (Å²) < 4.78 is 1.92. The van der Waals surface area contributed by atoms with E-state index in [9.17, 15) is 5.11 Å². The summed E-state index contributed by atoms with van der Waals surface area (Å²) in [4.78, 5) is 4.55. The second kappa shape index (κ2) is 8.49. The van der Waals surface area contributed by atoms with Crippen molar-refractivity contribution in [1.29, 1.82) is 0 Å². The van der Waals surface area contributed by atoms with Crippen LogP contribution in [0.15, 0.2) is 21.8 Å². The number of nitrogens with zero attached hydrogens (tertiary/aromatic N) is 3. The number of aliphatic hydroxyl groups is 1. The highest BCUT2D eigenvalue weighted by molar-refractivity contribution is 7.08. The fraction of sp³-hybridized carbons (Fsp3) is 0.556. The van der Waals surface area contributed by atoms with Gasteiger partial charge in [0.15, 0.2) is 5.96 Å². The maximum Gasteiger partial charge on any atom is 0.191 e. The van der Waals surface area contributed by atoms with Gasteiger partial charge in [-0.15, -0.1) is 0 Å².